The highest BCUT2D eigenvalue weighted by atomic mass is 79.9. The van der Waals surface area contributed by atoms with Crippen molar-refractivity contribution >= 4 is 15.9 Å². The summed E-state index contributed by atoms with van der Waals surface area (Å²) in [5, 5.41) is 0. The van der Waals surface area contributed by atoms with Gasteiger partial charge in [0.2, 0.25) is 0 Å². The van der Waals surface area contributed by atoms with Crippen LogP contribution in [-0.4, -0.2) is 7.11 Å². The van der Waals surface area contributed by atoms with Crippen LogP contribution in [0.5, 0.6) is 0 Å². The largest absolute Gasteiger partial charge is 0.362 e. The number of halogens is 1. The monoisotopic (exact) mass is 212 g/mol. The van der Waals surface area contributed by atoms with Gasteiger partial charge in [0.05, 0.1) is 0 Å². The van der Waals surface area contributed by atoms with Gasteiger partial charge < -0.3 is 4.74 Å². The maximum absolute atomic E-state index is 5.32. The van der Waals surface area contributed by atoms with E-state index in [4.69, 9.17) is 4.74 Å². The average molecular weight is 213 g/mol. The van der Waals surface area contributed by atoms with E-state index in [-0.39, 0.29) is 4.51 Å². The number of hydrogen-bond donors (Lipinski definition) is 0. The fourth-order valence-corrected chi connectivity index (χ4v) is 2.14. The van der Waals surface area contributed by atoms with Crippen molar-refractivity contribution in [3.63, 3.8) is 0 Å². The zero-order valence-corrected chi connectivity index (χ0v) is 7.89. The molecule has 1 nitrogen and oxygen atoms in total. The van der Waals surface area contributed by atoms with E-state index in [0.717, 1.165) is 6.42 Å². The molecule has 0 aromatic heterocycles. The highest BCUT2D eigenvalue weighted by Gasteiger charge is 2.39. The molecule has 1 aromatic rings. The normalized spacial score (nSPS) is 27.5. The molecule has 0 saturated heterocycles. The second-order valence-electron chi connectivity index (χ2n) is 2.77. The van der Waals surface area contributed by atoms with Gasteiger partial charge in [0, 0.05) is 13.5 Å². The number of methoxy groups -OCH3 is 1. The smallest absolute Gasteiger partial charge is 0.152 e. The topological polar surface area (TPSA) is 9.23 Å². The fourth-order valence-electron chi connectivity index (χ4n) is 1.45. The Morgan fingerprint density at radius 2 is 2.18 bits per heavy atom. The van der Waals surface area contributed by atoms with Crippen LogP contribution in [0.3, 0.4) is 0 Å². The first-order chi connectivity index (χ1) is 5.26. The van der Waals surface area contributed by atoms with Crippen LogP contribution in [0.15, 0.2) is 24.3 Å². The summed E-state index contributed by atoms with van der Waals surface area (Å²) < 4.78 is 5.13. The lowest BCUT2D eigenvalue weighted by Gasteiger charge is -2.37. The van der Waals surface area contributed by atoms with Crippen LogP contribution in [-0.2, 0) is 15.7 Å². The van der Waals surface area contributed by atoms with Crippen LogP contribution in [0.4, 0.5) is 0 Å². The zero-order valence-electron chi connectivity index (χ0n) is 6.30. The predicted octanol–water partition coefficient (Wildman–Crippen LogP) is 2.44. The molecular formula is C9H9BrO. The standard InChI is InChI=1S/C9H9BrO/c1-11-9(10)6-7-4-2-3-5-8(7)9/h2-5H,6H2,1H3. The molecule has 1 atom stereocenters. The van der Waals surface area contributed by atoms with Gasteiger partial charge in [-0.1, -0.05) is 24.3 Å². The summed E-state index contributed by atoms with van der Waals surface area (Å²) in [5.74, 6) is 0. The first-order valence-corrected chi connectivity index (χ1v) is 4.38. The lowest BCUT2D eigenvalue weighted by molar-refractivity contribution is 0.0567. The number of rotatable bonds is 1. The Kier molecular flexibility index (Phi) is 1.55. The first-order valence-electron chi connectivity index (χ1n) is 3.59. The molecule has 0 saturated carbocycles. The van der Waals surface area contributed by atoms with Crippen molar-refractivity contribution in [3.8, 4) is 0 Å². The molecular weight excluding hydrogens is 204 g/mol. The highest BCUT2D eigenvalue weighted by molar-refractivity contribution is 9.09. The maximum Gasteiger partial charge on any atom is 0.152 e. The van der Waals surface area contributed by atoms with Crippen LogP contribution in [0.2, 0.25) is 0 Å². The van der Waals surface area contributed by atoms with Crippen LogP contribution in [0, 0.1) is 0 Å². The molecule has 2 rings (SSSR count). The van der Waals surface area contributed by atoms with Crippen molar-refractivity contribution in [1.82, 2.24) is 0 Å². The number of hydrogen-bond acceptors (Lipinski definition) is 1. The van der Waals surface area contributed by atoms with Gasteiger partial charge in [-0.25, -0.2) is 0 Å². The Bertz CT molecular complexity index is 285. The minimum atomic E-state index is -0.191. The molecule has 1 aliphatic rings. The maximum atomic E-state index is 5.32. The summed E-state index contributed by atoms with van der Waals surface area (Å²) in [5.41, 5.74) is 2.65. The molecule has 0 radical (unpaired) electrons. The lowest BCUT2D eigenvalue weighted by atomic mass is 9.85. The van der Waals surface area contributed by atoms with Crippen LogP contribution in [0.1, 0.15) is 11.1 Å². The molecule has 0 heterocycles. The minimum absolute atomic E-state index is 0.191. The molecule has 11 heavy (non-hydrogen) atoms. The van der Waals surface area contributed by atoms with Crippen molar-refractivity contribution in [3.05, 3.63) is 35.4 Å². The molecule has 0 bridgehead atoms. The third-order valence-electron chi connectivity index (χ3n) is 2.16. The van der Waals surface area contributed by atoms with Crippen LogP contribution >= 0.6 is 15.9 Å². The van der Waals surface area contributed by atoms with Crippen molar-refractivity contribution in [2.45, 2.75) is 10.9 Å². The van der Waals surface area contributed by atoms with Crippen LogP contribution in [0.25, 0.3) is 0 Å². The van der Waals surface area contributed by atoms with E-state index in [1.807, 2.05) is 6.07 Å². The van der Waals surface area contributed by atoms with Gasteiger partial charge in [0.25, 0.3) is 0 Å². The molecule has 1 unspecified atom stereocenters. The number of alkyl halides is 1. The van der Waals surface area contributed by atoms with E-state index in [9.17, 15) is 0 Å². The summed E-state index contributed by atoms with van der Waals surface area (Å²) in [6, 6.07) is 8.32. The molecule has 58 valence electrons. The molecule has 0 aliphatic heterocycles. The molecule has 1 aromatic carbocycles. The highest BCUT2D eigenvalue weighted by Crippen LogP contribution is 2.46. The van der Waals surface area contributed by atoms with Crippen molar-refractivity contribution in [1.29, 1.82) is 0 Å². The number of benzene rings is 1. The first kappa shape index (κ1) is 7.32. The van der Waals surface area contributed by atoms with E-state index in [0.29, 0.717) is 0 Å². The van der Waals surface area contributed by atoms with Gasteiger partial charge in [-0.3, -0.25) is 0 Å². The average Bonchev–Trinajstić information content (AvgIpc) is 2.02. The Balaban J connectivity index is 2.43. The summed E-state index contributed by atoms with van der Waals surface area (Å²) >= 11 is 3.54. The van der Waals surface area contributed by atoms with Gasteiger partial charge in [0.15, 0.2) is 4.51 Å². The molecule has 0 amide bonds. The molecule has 0 spiro atoms. The molecule has 2 heteroatoms. The van der Waals surface area contributed by atoms with Crippen LogP contribution < -0.4 is 0 Å². The predicted molar refractivity (Wildman–Crippen MR) is 47.8 cm³/mol. The summed E-state index contributed by atoms with van der Waals surface area (Å²) in [4.78, 5) is 0. The van der Waals surface area contributed by atoms with Gasteiger partial charge >= 0.3 is 0 Å². The Labute approximate surface area is 74.5 Å². The lowest BCUT2D eigenvalue weighted by Crippen LogP contribution is -2.34. The van der Waals surface area contributed by atoms with Crippen molar-refractivity contribution < 1.29 is 4.74 Å². The van der Waals surface area contributed by atoms with E-state index in [2.05, 4.69) is 34.1 Å². The molecule has 1 aliphatic carbocycles. The van der Waals surface area contributed by atoms with E-state index in [1.165, 1.54) is 11.1 Å². The quantitative estimate of drug-likeness (QED) is 0.651. The molecule has 0 N–H and O–H groups in total. The third kappa shape index (κ3) is 0.932. The SMILES string of the molecule is COC1(Br)Cc2ccccc21. The van der Waals surface area contributed by atoms with Gasteiger partial charge in [-0.2, -0.15) is 0 Å². The number of ether oxygens (including phenoxy) is 1. The minimum Gasteiger partial charge on any atom is -0.362 e. The third-order valence-corrected chi connectivity index (χ3v) is 3.19. The van der Waals surface area contributed by atoms with Crippen molar-refractivity contribution in [2.24, 2.45) is 0 Å². The van der Waals surface area contributed by atoms with Crippen molar-refractivity contribution in [2.75, 3.05) is 7.11 Å². The van der Waals surface area contributed by atoms with Gasteiger partial charge in [-0.15, -0.1) is 0 Å². The summed E-state index contributed by atoms with van der Waals surface area (Å²) in [6.07, 6.45) is 0.972. The second kappa shape index (κ2) is 2.32. The van der Waals surface area contributed by atoms with Gasteiger partial charge in [-0.05, 0) is 27.1 Å². The summed E-state index contributed by atoms with van der Waals surface area (Å²) in [6.45, 7) is 0. The fraction of sp³-hybridized carbons (Fsp3) is 0.333. The molecule has 0 fully saturated rings. The number of fused-ring (bicyclic) bond motifs is 1. The Morgan fingerprint density at radius 3 is 2.82 bits per heavy atom. The summed E-state index contributed by atoms with van der Waals surface area (Å²) in [7, 11) is 1.73. The second-order valence-corrected chi connectivity index (χ2v) is 4.05. The zero-order chi connectivity index (χ0) is 7.90. The van der Waals surface area contributed by atoms with E-state index >= 15 is 0 Å². The Morgan fingerprint density at radius 1 is 1.45 bits per heavy atom. The Hall–Kier alpha value is -0.340. The van der Waals surface area contributed by atoms with E-state index < -0.39 is 0 Å². The van der Waals surface area contributed by atoms with E-state index in [1.54, 1.807) is 7.11 Å². The van der Waals surface area contributed by atoms with Gasteiger partial charge in [0.1, 0.15) is 0 Å².